The lowest BCUT2D eigenvalue weighted by atomic mass is 10.1. The van der Waals surface area contributed by atoms with Gasteiger partial charge in [0, 0.05) is 0 Å². The first kappa shape index (κ1) is 8.89. The average Bonchev–Trinajstić information content (AvgIpc) is 1.87. The summed E-state index contributed by atoms with van der Waals surface area (Å²) in [5, 5.41) is 8.94. The van der Waals surface area contributed by atoms with Gasteiger partial charge in [-0.15, -0.1) is 0 Å². The van der Waals surface area contributed by atoms with Crippen LogP contribution in [-0.2, 0) is 0 Å². The number of hydrogen-bond donors (Lipinski definition) is 1. The lowest BCUT2D eigenvalue weighted by Gasteiger charge is -2.11. The van der Waals surface area contributed by atoms with Gasteiger partial charge in [0.25, 0.3) is 0 Å². The maximum atomic E-state index is 12.5. The van der Waals surface area contributed by atoms with Crippen molar-refractivity contribution in [1.29, 1.82) is 0 Å². The van der Waals surface area contributed by atoms with E-state index in [1.807, 2.05) is 6.92 Å². The molecule has 0 aromatic heterocycles. The first-order chi connectivity index (χ1) is 4.22. The van der Waals surface area contributed by atoms with Crippen molar-refractivity contribution < 1.29 is 9.50 Å². The summed E-state index contributed by atoms with van der Waals surface area (Å²) in [6, 6.07) is 0. The van der Waals surface area contributed by atoms with Crippen molar-refractivity contribution in [2.24, 2.45) is 0 Å². The van der Waals surface area contributed by atoms with Gasteiger partial charge in [0.15, 0.2) is 0 Å². The van der Waals surface area contributed by atoms with Gasteiger partial charge in [-0.3, -0.25) is 0 Å². The third-order valence-electron chi connectivity index (χ3n) is 1.39. The average molecular weight is 134 g/mol. The number of aliphatic hydroxyl groups is 1. The molecule has 0 radical (unpaired) electrons. The fourth-order valence-corrected chi connectivity index (χ4v) is 0.749. The second-order valence-corrected chi connectivity index (χ2v) is 2.28. The molecule has 0 spiro atoms. The highest BCUT2D eigenvalue weighted by Crippen LogP contribution is 2.08. The quantitative estimate of drug-likeness (QED) is 0.622. The zero-order chi connectivity index (χ0) is 7.28. The van der Waals surface area contributed by atoms with Crippen LogP contribution in [0.3, 0.4) is 0 Å². The van der Waals surface area contributed by atoms with E-state index in [0.717, 1.165) is 6.42 Å². The Kier molecular flexibility index (Phi) is 4.68. The molecule has 9 heavy (non-hydrogen) atoms. The number of hydrogen-bond acceptors (Lipinski definition) is 1. The van der Waals surface area contributed by atoms with Crippen LogP contribution in [-0.4, -0.2) is 17.4 Å². The van der Waals surface area contributed by atoms with Crippen molar-refractivity contribution in [2.75, 3.05) is 0 Å². The van der Waals surface area contributed by atoms with E-state index in [4.69, 9.17) is 5.11 Å². The van der Waals surface area contributed by atoms with Crippen LogP contribution in [0.2, 0.25) is 0 Å². The highest BCUT2D eigenvalue weighted by Gasteiger charge is 2.13. The topological polar surface area (TPSA) is 20.2 Å². The zero-order valence-electron chi connectivity index (χ0n) is 6.10. The molecule has 0 bridgehead atoms. The van der Waals surface area contributed by atoms with Crippen molar-refractivity contribution in [3.63, 3.8) is 0 Å². The van der Waals surface area contributed by atoms with E-state index in [0.29, 0.717) is 12.8 Å². The summed E-state index contributed by atoms with van der Waals surface area (Å²) in [4.78, 5) is 0. The van der Waals surface area contributed by atoms with Gasteiger partial charge in [-0.2, -0.15) is 0 Å². The van der Waals surface area contributed by atoms with Crippen molar-refractivity contribution >= 4 is 0 Å². The molecule has 0 aliphatic rings. The molecule has 0 fully saturated rings. The van der Waals surface area contributed by atoms with Crippen molar-refractivity contribution in [3.8, 4) is 0 Å². The molecule has 2 atom stereocenters. The van der Waals surface area contributed by atoms with Gasteiger partial charge in [0.05, 0.1) is 6.10 Å². The number of aliphatic hydroxyl groups excluding tert-OH is 1. The Morgan fingerprint density at radius 2 is 2.00 bits per heavy atom. The summed E-state index contributed by atoms with van der Waals surface area (Å²) in [7, 11) is 0. The van der Waals surface area contributed by atoms with Crippen LogP contribution in [0.1, 0.15) is 33.1 Å². The van der Waals surface area contributed by atoms with Crippen molar-refractivity contribution in [1.82, 2.24) is 0 Å². The summed E-state index contributed by atoms with van der Waals surface area (Å²) in [5.74, 6) is 0. The second-order valence-electron chi connectivity index (χ2n) is 2.28. The highest BCUT2D eigenvalue weighted by molar-refractivity contribution is 4.64. The van der Waals surface area contributed by atoms with Gasteiger partial charge in [-0.25, -0.2) is 4.39 Å². The Morgan fingerprint density at radius 3 is 2.33 bits per heavy atom. The fraction of sp³-hybridized carbons (Fsp3) is 1.00. The van der Waals surface area contributed by atoms with E-state index >= 15 is 0 Å². The monoisotopic (exact) mass is 134 g/mol. The molecular weight excluding hydrogens is 119 g/mol. The first-order valence-electron chi connectivity index (χ1n) is 3.54. The molecule has 2 heteroatoms. The normalized spacial score (nSPS) is 17.3. The van der Waals surface area contributed by atoms with Gasteiger partial charge in [0.2, 0.25) is 0 Å². The smallest absolute Gasteiger partial charge is 0.126 e. The summed E-state index contributed by atoms with van der Waals surface area (Å²) < 4.78 is 12.5. The summed E-state index contributed by atoms with van der Waals surface area (Å²) >= 11 is 0. The fourth-order valence-electron chi connectivity index (χ4n) is 0.749. The van der Waals surface area contributed by atoms with E-state index in [9.17, 15) is 4.39 Å². The van der Waals surface area contributed by atoms with Crippen molar-refractivity contribution in [3.05, 3.63) is 0 Å². The van der Waals surface area contributed by atoms with Crippen LogP contribution in [0.15, 0.2) is 0 Å². The molecule has 0 saturated carbocycles. The van der Waals surface area contributed by atoms with Crippen LogP contribution >= 0.6 is 0 Å². The predicted octanol–water partition coefficient (Wildman–Crippen LogP) is 1.90. The minimum absolute atomic E-state index is 0.418. The minimum atomic E-state index is -1.02. The number of alkyl halides is 1. The van der Waals surface area contributed by atoms with E-state index < -0.39 is 12.3 Å². The van der Waals surface area contributed by atoms with Crippen LogP contribution in [0.5, 0.6) is 0 Å². The second kappa shape index (κ2) is 4.74. The number of rotatable bonds is 4. The Balaban J connectivity index is 3.32. The molecule has 0 heterocycles. The number of halogens is 1. The first-order valence-corrected chi connectivity index (χ1v) is 3.54. The third-order valence-corrected chi connectivity index (χ3v) is 1.39. The third kappa shape index (κ3) is 3.46. The molecule has 0 aromatic rings. The lowest BCUT2D eigenvalue weighted by molar-refractivity contribution is 0.0680. The Labute approximate surface area is 55.9 Å². The summed E-state index contributed by atoms with van der Waals surface area (Å²) in [6.07, 6.45) is 0.0857. The Hall–Kier alpha value is -0.110. The molecule has 0 rings (SSSR count). The summed E-state index contributed by atoms with van der Waals surface area (Å²) in [5.41, 5.74) is 0. The molecular formula is C7H15FO. The maximum absolute atomic E-state index is 12.5. The lowest BCUT2D eigenvalue weighted by Crippen LogP contribution is -2.20. The largest absolute Gasteiger partial charge is 0.390 e. The van der Waals surface area contributed by atoms with Crippen molar-refractivity contribution in [2.45, 2.75) is 45.4 Å². The standard InChI is InChI=1S/C7H15FO/c1-3-5-7(9)6(8)4-2/h6-7,9H,3-5H2,1-2H3. The SMILES string of the molecule is CCCC(O)C(F)CC. The molecule has 0 amide bonds. The van der Waals surface area contributed by atoms with Crippen LogP contribution in [0.4, 0.5) is 4.39 Å². The maximum Gasteiger partial charge on any atom is 0.126 e. The van der Waals surface area contributed by atoms with E-state index in [1.54, 1.807) is 6.92 Å². The minimum Gasteiger partial charge on any atom is -0.390 e. The van der Waals surface area contributed by atoms with Gasteiger partial charge >= 0.3 is 0 Å². The zero-order valence-corrected chi connectivity index (χ0v) is 6.10. The van der Waals surface area contributed by atoms with Gasteiger partial charge in [0.1, 0.15) is 6.17 Å². The molecule has 2 unspecified atom stereocenters. The van der Waals surface area contributed by atoms with E-state index in [1.165, 1.54) is 0 Å². The highest BCUT2D eigenvalue weighted by atomic mass is 19.1. The Bertz CT molecular complexity index is 65.9. The molecule has 0 aliphatic carbocycles. The van der Waals surface area contributed by atoms with Crippen LogP contribution < -0.4 is 0 Å². The summed E-state index contributed by atoms with van der Waals surface area (Å²) in [6.45, 7) is 3.68. The molecule has 1 N–H and O–H groups in total. The molecule has 0 aliphatic heterocycles. The van der Waals surface area contributed by atoms with E-state index in [2.05, 4.69) is 0 Å². The van der Waals surface area contributed by atoms with E-state index in [-0.39, 0.29) is 0 Å². The van der Waals surface area contributed by atoms with Gasteiger partial charge in [-0.1, -0.05) is 20.3 Å². The predicted molar refractivity (Wildman–Crippen MR) is 36.1 cm³/mol. The van der Waals surface area contributed by atoms with Crippen LogP contribution in [0, 0.1) is 0 Å². The molecule has 0 aromatic carbocycles. The molecule has 1 nitrogen and oxygen atoms in total. The molecule has 0 saturated heterocycles. The Morgan fingerprint density at radius 1 is 1.44 bits per heavy atom. The van der Waals surface area contributed by atoms with Gasteiger partial charge < -0.3 is 5.11 Å². The van der Waals surface area contributed by atoms with Crippen LogP contribution in [0.25, 0.3) is 0 Å². The van der Waals surface area contributed by atoms with Gasteiger partial charge in [-0.05, 0) is 12.8 Å². The molecule has 56 valence electrons.